The van der Waals surface area contributed by atoms with Crippen LogP contribution in [0.5, 0.6) is 0 Å². The Morgan fingerprint density at radius 1 is 1.00 bits per heavy atom. The van der Waals surface area contributed by atoms with Gasteiger partial charge in [0, 0.05) is 23.9 Å². The summed E-state index contributed by atoms with van der Waals surface area (Å²) >= 11 is 0. The lowest BCUT2D eigenvalue weighted by Crippen LogP contribution is -2.19. The Kier molecular flexibility index (Phi) is 5.83. The van der Waals surface area contributed by atoms with Crippen molar-refractivity contribution < 1.29 is 4.58 Å². The standard InChI is InChI=1S/C20H23N/c1-3-5-17-21(16-4-2)20(18-12-8-6-9-13-18)19-14-10-7-11-15-19/h3,6-17,20H,1,4-5H2,2H3. The maximum absolute atomic E-state index is 3.83. The Labute approximate surface area is 128 Å². The van der Waals surface area contributed by atoms with Crippen molar-refractivity contribution in [2.24, 2.45) is 0 Å². The third-order valence-corrected chi connectivity index (χ3v) is 3.41. The van der Waals surface area contributed by atoms with Gasteiger partial charge < -0.3 is 4.58 Å². The lowest BCUT2D eigenvalue weighted by molar-refractivity contribution is -0.521. The predicted molar refractivity (Wildman–Crippen MR) is 90.5 cm³/mol. The summed E-state index contributed by atoms with van der Waals surface area (Å²) in [6, 6.07) is 21.5. The van der Waals surface area contributed by atoms with Gasteiger partial charge in [-0.1, -0.05) is 73.7 Å². The molecule has 1 nitrogen and oxygen atoms in total. The molecule has 108 valence electrons. The van der Waals surface area contributed by atoms with Crippen LogP contribution in [-0.2, 0) is 0 Å². The average molecular weight is 277 g/mol. The number of benzene rings is 2. The van der Waals surface area contributed by atoms with Crippen molar-refractivity contribution in [3.63, 3.8) is 0 Å². The normalized spacial score (nSPS) is 11.4. The van der Waals surface area contributed by atoms with Crippen molar-refractivity contribution in [1.82, 2.24) is 0 Å². The van der Waals surface area contributed by atoms with Gasteiger partial charge in [0.15, 0.2) is 6.04 Å². The van der Waals surface area contributed by atoms with E-state index in [1.807, 2.05) is 6.08 Å². The zero-order chi connectivity index (χ0) is 14.9. The molecule has 0 spiro atoms. The molecular formula is C20H23N. The van der Waals surface area contributed by atoms with Gasteiger partial charge in [-0.25, -0.2) is 0 Å². The maximum Gasteiger partial charge on any atom is 0.177 e. The molecule has 2 rings (SSSR count). The van der Waals surface area contributed by atoms with E-state index in [1.54, 1.807) is 0 Å². The number of hydrogen-bond donors (Lipinski definition) is 0. The summed E-state index contributed by atoms with van der Waals surface area (Å²) in [4.78, 5) is 0. The van der Waals surface area contributed by atoms with Crippen molar-refractivity contribution in [3.8, 4) is 0 Å². The van der Waals surface area contributed by atoms with Crippen molar-refractivity contribution in [3.05, 3.63) is 91.0 Å². The predicted octanol–water partition coefficient (Wildman–Crippen LogP) is 5.01. The summed E-state index contributed by atoms with van der Waals surface area (Å²) in [5.41, 5.74) is 2.60. The highest BCUT2D eigenvalue weighted by Gasteiger charge is 2.20. The summed E-state index contributed by atoms with van der Waals surface area (Å²) in [5.74, 6) is 0. The Hall–Kier alpha value is -2.28. The molecule has 1 heteroatoms. The van der Waals surface area contributed by atoms with Crippen LogP contribution in [0.4, 0.5) is 0 Å². The minimum Gasteiger partial charge on any atom is -0.359 e. The summed E-state index contributed by atoms with van der Waals surface area (Å²) in [5, 5.41) is 0. The molecule has 0 heterocycles. The van der Waals surface area contributed by atoms with Gasteiger partial charge in [-0.2, -0.15) is 0 Å². The molecule has 0 unspecified atom stereocenters. The average Bonchev–Trinajstić information content (AvgIpc) is 2.55. The topological polar surface area (TPSA) is 3.01 Å². The van der Waals surface area contributed by atoms with Gasteiger partial charge in [0.05, 0.1) is 0 Å². The van der Waals surface area contributed by atoms with Crippen LogP contribution in [0.25, 0.3) is 0 Å². The summed E-state index contributed by atoms with van der Waals surface area (Å²) < 4.78 is 2.31. The van der Waals surface area contributed by atoms with Crippen LogP contribution in [0.15, 0.2) is 73.3 Å². The summed E-state index contributed by atoms with van der Waals surface area (Å²) in [6.45, 7) is 8.20. The second-order valence-electron chi connectivity index (χ2n) is 4.97. The van der Waals surface area contributed by atoms with Crippen LogP contribution in [0.3, 0.4) is 0 Å². The fourth-order valence-electron chi connectivity index (χ4n) is 2.50. The molecule has 0 aliphatic rings. The number of nitrogens with zero attached hydrogens (tertiary/aromatic N) is 1. The minimum absolute atomic E-state index is 0.215. The summed E-state index contributed by atoms with van der Waals surface area (Å²) in [7, 11) is 0. The number of rotatable bonds is 7. The Morgan fingerprint density at radius 2 is 1.52 bits per heavy atom. The highest BCUT2D eigenvalue weighted by atomic mass is 15.0. The first-order valence-corrected chi connectivity index (χ1v) is 7.51. The van der Waals surface area contributed by atoms with E-state index in [1.165, 1.54) is 11.1 Å². The second-order valence-corrected chi connectivity index (χ2v) is 4.97. The van der Waals surface area contributed by atoms with E-state index < -0.39 is 0 Å². The van der Waals surface area contributed by atoms with E-state index in [9.17, 15) is 0 Å². The SMILES string of the molecule is C=CC[CH-][N+](=CCC)C(c1ccccc1)c1ccccc1. The first kappa shape index (κ1) is 15.1. The molecule has 0 saturated carbocycles. The molecule has 0 saturated heterocycles. The van der Waals surface area contributed by atoms with Crippen LogP contribution >= 0.6 is 0 Å². The van der Waals surface area contributed by atoms with Crippen LogP contribution in [-0.4, -0.2) is 10.8 Å². The van der Waals surface area contributed by atoms with Crippen molar-refractivity contribution in [2.45, 2.75) is 25.8 Å². The van der Waals surface area contributed by atoms with Gasteiger partial charge in [0.25, 0.3) is 0 Å². The molecule has 0 radical (unpaired) electrons. The Balaban J connectivity index is 2.44. The smallest absolute Gasteiger partial charge is 0.177 e. The molecule has 21 heavy (non-hydrogen) atoms. The molecule has 0 bridgehead atoms. The minimum atomic E-state index is 0.215. The van der Waals surface area contributed by atoms with Crippen LogP contribution < -0.4 is 0 Å². The molecule has 0 atom stereocenters. The van der Waals surface area contributed by atoms with Gasteiger partial charge in [-0.05, 0) is 12.8 Å². The van der Waals surface area contributed by atoms with Crippen LogP contribution in [0.2, 0.25) is 0 Å². The second kappa shape index (κ2) is 8.11. The molecular weight excluding hydrogens is 254 g/mol. The van der Waals surface area contributed by atoms with E-state index >= 15 is 0 Å². The molecule has 0 amide bonds. The highest BCUT2D eigenvalue weighted by Crippen LogP contribution is 2.26. The van der Waals surface area contributed by atoms with Crippen LogP contribution in [0.1, 0.15) is 36.9 Å². The van der Waals surface area contributed by atoms with Crippen molar-refractivity contribution in [1.29, 1.82) is 0 Å². The zero-order valence-electron chi connectivity index (χ0n) is 12.7. The lowest BCUT2D eigenvalue weighted by Gasteiger charge is -2.22. The first-order chi connectivity index (χ1) is 10.4. The fourth-order valence-corrected chi connectivity index (χ4v) is 2.50. The van der Waals surface area contributed by atoms with Gasteiger partial charge in [-0.3, -0.25) is 0 Å². The van der Waals surface area contributed by atoms with Crippen molar-refractivity contribution >= 4 is 6.21 Å². The van der Waals surface area contributed by atoms with Gasteiger partial charge in [-0.15, -0.1) is 6.58 Å². The number of hydrogen-bond acceptors (Lipinski definition) is 0. The lowest BCUT2D eigenvalue weighted by atomic mass is 9.98. The summed E-state index contributed by atoms with van der Waals surface area (Å²) in [6.07, 6.45) is 6.05. The van der Waals surface area contributed by atoms with Crippen LogP contribution in [0, 0.1) is 6.54 Å². The quantitative estimate of drug-likeness (QED) is 0.290. The molecule has 2 aromatic rings. The molecule has 0 fully saturated rings. The van der Waals surface area contributed by atoms with E-state index in [-0.39, 0.29) is 6.04 Å². The third-order valence-electron chi connectivity index (χ3n) is 3.41. The maximum atomic E-state index is 3.83. The van der Waals surface area contributed by atoms with Gasteiger partial charge in [0.1, 0.15) is 0 Å². The Bertz CT molecular complexity index is 530. The third kappa shape index (κ3) is 4.09. The molecule has 0 aliphatic heterocycles. The van der Waals surface area contributed by atoms with E-state index in [0.29, 0.717) is 0 Å². The fraction of sp³-hybridized carbons (Fsp3) is 0.200. The monoisotopic (exact) mass is 277 g/mol. The van der Waals surface area contributed by atoms with E-state index in [4.69, 9.17) is 0 Å². The molecule has 2 aromatic carbocycles. The van der Waals surface area contributed by atoms with Gasteiger partial charge in [0.2, 0.25) is 0 Å². The highest BCUT2D eigenvalue weighted by molar-refractivity contribution is 5.51. The Morgan fingerprint density at radius 3 is 1.95 bits per heavy atom. The molecule has 0 aliphatic carbocycles. The molecule has 0 aromatic heterocycles. The largest absolute Gasteiger partial charge is 0.359 e. The van der Waals surface area contributed by atoms with E-state index in [0.717, 1.165) is 12.8 Å². The van der Waals surface area contributed by atoms with Crippen molar-refractivity contribution in [2.75, 3.05) is 0 Å². The van der Waals surface area contributed by atoms with Gasteiger partial charge >= 0.3 is 0 Å². The zero-order valence-corrected chi connectivity index (χ0v) is 12.7. The molecule has 0 N–H and O–H groups in total. The first-order valence-electron chi connectivity index (χ1n) is 7.51. The van der Waals surface area contributed by atoms with E-state index in [2.05, 4.69) is 91.5 Å².